The minimum absolute atomic E-state index is 0.268. The van der Waals surface area contributed by atoms with Crippen molar-refractivity contribution in [3.8, 4) is 0 Å². The molecule has 1 atom stereocenters. The van der Waals surface area contributed by atoms with Gasteiger partial charge in [-0.2, -0.15) is 0 Å². The molecular weight excluding hydrogens is 262 g/mol. The lowest BCUT2D eigenvalue weighted by Gasteiger charge is -2.33. The Hall–Kier alpha value is -1.35. The second-order valence-electron chi connectivity index (χ2n) is 7.52. The minimum Gasteiger partial charge on any atom is -0.460 e. The van der Waals surface area contributed by atoms with Crippen molar-refractivity contribution in [1.29, 1.82) is 0 Å². The highest BCUT2D eigenvalue weighted by molar-refractivity contribution is 5.77. The Bertz CT molecular complexity index is 481. The lowest BCUT2D eigenvalue weighted by atomic mass is 9.80. The predicted octanol–water partition coefficient (Wildman–Crippen LogP) is 4.18. The zero-order valence-corrected chi connectivity index (χ0v) is 14.4. The van der Waals surface area contributed by atoms with Crippen molar-refractivity contribution < 1.29 is 9.53 Å². The minimum atomic E-state index is -0.771. The van der Waals surface area contributed by atoms with Gasteiger partial charge in [-0.15, -0.1) is 0 Å². The first kappa shape index (κ1) is 17.7. The Balaban J connectivity index is 2.94. The van der Waals surface area contributed by atoms with Gasteiger partial charge < -0.3 is 10.5 Å². The van der Waals surface area contributed by atoms with E-state index in [-0.39, 0.29) is 5.97 Å². The molecule has 0 aliphatic carbocycles. The van der Waals surface area contributed by atoms with Gasteiger partial charge in [0.25, 0.3) is 0 Å². The fourth-order valence-electron chi connectivity index (χ4n) is 2.04. The van der Waals surface area contributed by atoms with Crippen LogP contribution in [0.25, 0.3) is 0 Å². The van der Waals surface area contributed by atoms with Crippen LogP contribution in [0, 0.1) is 5.41 Å². The fraction of sp³-hybridized carbons (Fsp3) is 0.611. The van der Waals surface area contributed by atoms with Gasteiger partial charge in [0, 0.05) is 6.04 Å². The van der Waals surface area contributed by atoms with Crippen LogP contribution in [-0.4, -0.2) is 11.6 Å². The summed E-state index contributed by atoms with van der Waals surface area (Å²) in [6.45, 7) is 13.6. The molecule has 0 amide bonds. The molecule has 1 aromatic rings. The number of hydrogen-bond donors (Lipinski definition) is 1. The van der Waals surface area contributed by atoms with Gasteiger partial charge >= 0.3 is 5.97 Å². The summed E-state index contributed by atoms with van der Waals surface area (Å²) in [7, 11) is 0. The van der Waals surface area contributed by atoms with Crippen molar-refractivity contribution in [1.82, 2.24) is 0 Å². The van der Waals surface area contributed by atoms with Gasteiger partial charge in [-0.05, 0) is 51.7 Å². The number of nitrogens with two attached hydrogens (primary N) is 1. The van der Waals surface area contributed by atoms with Crippen LogP contribution in [0.15, 0.2) is 24.3 Å². The van der Waals surface area contributed by atoms with E-state index in [1.807, 2.05) is 46.8 Å². The Morgan fingerprint density at radius 1 is 1.00 bits per heavy atom. The van der Waals surface area contributed by atoms with Crippen molar-refractivity contribution in [2.24, 2.45) is 11.1 Å². The Labute approximate surface area is 128 Å². The molecule has 0 heterocycles. The average Bonchev–Trinajstić information content (AvgIpc) is 2.35. The number of carbonyl (C=O) groups excluding carboxylic acids is 1. The topological polar surface area (TPSA) is 52.3 Å². The molecule has 3 nitrogen and oxygen atoms in total. The van der Waals surface area contributed by atoms with Gasteiger partial charge in [0.2, 0.25) is 0 Å². The Morgan fingerprint density at radius 2 is 1.43 bits per heavy atom. The summed E-state index contributed by atoms with van der Waals surface area (Å²) in [6, 6.07) is 7.77. The zero-order valence-electron chi connectivity index (χ0n) is 14.4. The Morgan fingerprint density at radius 3 is 1.81 bits per heavy atom. The molecule has 2 N–H and O–H groups in total. The second kappa shape index (κ2) is 6.18. The van der Waals surface area contributed by atoms with Crippen LogP contribution in [0.1, 0.15) is 71.6 Å². The van der Waals surface area contributed by atoms with Gasteiger partial charge in [-0.3, -0.25) is 4.79 Å². The molecule has 0 spiro atoms. The molecule has 0 aliphatic heterocycles. The van der Waals surface area contributed by atoms with Gasteiger partial charge in [0.05, 0.1) is 5.41 Å². The smallest absolute Gasteiger partial charge is 0.313 e. The summed E-state index contributed by atoms with van der Waals surface area (Å²) in [5.41, 5.74) is 7.26. The highest BCUT2D eigenvalue weighted by atomic mass is 16.6. The standard InChI is InChI=1S/C18H29NO2/c1-12(2)13-8-10-14(11-9-13)15(19)18(6,7)16(20)21-17(3,4)5/h8-12,15H,19H2,1-7H3. The summed E-state index contributed by atoms with van der Waals surface area (Å²) in [6.07, 6.45) is 0. The van der Waals surface area contributed by atoms with Crippen LogP contribution in [0.2, 0.25) is 0 Å². The average molecular weight is 291 g/mol. The quantitative estimate of drug-likeness (QED) is 0.847. The first-order valence-electron chi connectivity index (χ1n) is 7.54. The molecule has 1 aromatic carbocycles. The fourth-order valence-corrected chi connectivity index (χ4v) is 2.04. The third-order valence-electron chi connectivity index (χ3n) is 3.66. The van der Waals surface area contributed by atoms with Crippen LogP contribution in [-0.2, 0) is 9.53 Å². The molecule has 0 fully saturated rings. The summed E-state index contributed by atoms with van der Waals surface area (Å²) in [5, 5.41) is 0. The van der Waals surface area contributed by atoms with Crippen LogP contribution in [0.4, 0.5) is 0 Å². The van der Waals surface area contributed by atoms with E-state index in [2.05, 4.69) is 26.0 Å². The van der Waals surface area contributed by atoms with Crippen molar-refractivity contribution >= 4 is 5.97 Å². The van der Waals surface area contributed by atoms with E-state index in [1.54, 1.807) is 0 Å². The lowest BCUT2D eigenvalue weighted by molar-refractivity contribution is -0.167. The molecule has 0 saturated heterocycles. The van der Waals surface area contributed by atoms with Crippen LogP contribution >= 0.6 is 0 Å². The maximum Gasteiger partial charge on any atom is 0.313 e. The lowest BCUT2D eigenvalue weighted by Crippen LogP contribution is -2.41. The summed E-state index contributed by atoms with van der Waals surface area (Å²) >= 11 is 0. The molecule has 0 radical (unpaired) electrons. The number of benzene rings is 1. The summed E-state index contributed by atoms with van der Waals surface area (Å²) in [4.78, 5) is 12.4. The Kier molecular flexibility index (Phi) is 5.21. The highest BCUT2D eigenvalue weighted by Crippen LogP contribution is 2.34. The van der Waals surface area contributed by atoms with Gasteiger partial charge in [0.1, 0.15) is 5.60 Å². The van der Waals surface area contributed by atoms with E-state index >= 15 is 0 Å². The van der Waals surface area contributed by atoms with Crippen LogP contribution in [0.3, 0.4) is 0 Å². The van der Waals surface area contributed by atoms with Crippen molar-refractivity contribution in [2.75, 3.05) is 0 Å². The number of hydrogen-bond acceptors (Lipinski definition) is 3. The second-order valence-corrected chi connectivity index (χ2v) is 7.52. The first-order chi connectivity index (χ1) is 9.45. The van der Waals surface area contributed by atoms with Crippen molar-refractivity contribution in [3.63, 3.8) is 0 Å². The molecule has 21 heavy (non-hydrogen) atoms. The molecule has 3 heteroatoms. The summed E-state index contributed by atoms with van der Waals surface area (Å²) < 4.78 is 5.49. The molecule has 118 valence electrons. The maximum absolute atomic E-state index is 12.4. The molecule has 1 rings (SSSR count). The van der Waals surface area contributed by atoms with E-state index in [9.17, 15) is 4.79 Å². The zero-order chi connectivity index (χ0) is 16.4. The number of esters is 1. The third-order valence-corrected chi connectivity index (χ3v) is 3.66. The highest BCUT2D eigenvalue weighted by Gasteiger charge is 2.38. The SMILES string of the molecule is CC(C)c1ccc(C(N)C(C)(C)C(=O)OC(C)(C)C)cc1. The van der Waals surface area contributed by atoms with E-state index in [4.69, 9.17) is 10.5 Å². The number of rotatable bonds is 4. The molecule has 1 unspecified atom stereocenters. The number of ether oxygens (including phenoxy) is 1. The maximum atomic E-state index is 12.4. The molecule has 0 saturated carbocycles. The monoisotopic (exact) mass is 291 g/mol. The first-order valence-corrected chi connectivity index (χ1v) is 7.54. The normalized spacial score (nSPS) is 14.1. The largest absolute Gasteiger partial charge is 0.460 e. The van der Waals surface area contributed by atoms with E-state index < -0.39 is 17.1 Å². The van der Waals surface area contributed by atoms with Gasteiger partial charge in [0.15, 0.2) is 0 Å². The number of carbonyl (C=O) groups is 1. The van der Waals surface area contributed by atoms with Crippen LogP contribution < -0.4 is 5.73 Å². The van der Waals surface area contributed by atoms with Gasteiger partial charge in [-0.1, -0.05) is 38.1 Å². The predicted molar refractivity (Wildman–Crippen MR) is 87.1 cm³/mol. The molecule has 0 bridgehead atoms. The van der Waals surface area contributed by atoms with Crippen molar-refractivity contribution in [3.05, 3.63) is 35.4 Å². The van der Waals surface area contributed by atoms with Crippen molar-refractivity contribution in [2.45, 2.75) is 66.0 Å². The van der Waals surface area contributed by atoms with E-state index in [1.165, 1.54) is 5.56 Å². The van der Waals surface area contributed by atoms with Crippen LogP contribution in [0.5, 0.6) is 0 Å². The van der Waals surface area contributed by atoms with E-state index in [0.717, 1.165) is 5.56 Å². The summed E-state index contributed by atoms with van der Waals surface area (Å²) in [5.74, 6) is 0.213. The van der Waals surface area contributed by atoms with E-state index in [0.29, 0.717) is 5.92 Å². The van der Waals surface area contributed by atoms with Gasteiger partial charge in [-0.25, -0.2) is 0 Å². The molecule has 0 aromatic heterocycles. The molecular formula is C18H29NO2. The molecule has 0 aliphatic rings. The third kappa shape index (κ3) is 4.57.